The fourth-order valence-corrected chi connectivity index (χ4v) is 2.00. The van der Waals surface area contributed by atoms with Crippen molar-refractivity contribution in [2.75, 3.05) is 13.1 Å². The molecule has 0 saturated carbocycles. The molecular weight excluding hydrogens is 274 g/mol. The molecule has 1 aliphatic rings. The molecule has 1 fully saturated rings. The zero-order valence-electron chi connectivity index (χ0n) is 10.9. The molecular formula is C14H11N3O4. The van der Waals surface area contributed by atoms with Crippen LogP contribution in [-0.4, -0.2) is 40.7 Å². The summed E-state index contributed by atoms with van der Waals surface area (Å²) in [5.41, 5.74) is 1.31. The number of nitrogens with one attached hydrogen (secondary N) is 1. The van der Waals surface area contributed by atoms with E-state index in [2.05, 4.69) is 10.3 Å². The van der Waals surface area contributed by atoms with Crippen molar-refractivity contribution < 1.29 is 18.8 Å². The Morgan fingerprint density at radius 3 is 2.67 bits per heavy atom. The number of carbonyl (C=O) groups excluding carboxylic acids is 3. The Kier molecular flexibility index (Phi) is 3.23. The molecule has 2 aromatic rings. The summed E-state index contributed by atoms with van der Waals surface area (Å²) in [5, 5.41) is 2.13. The van der Waals surface area contributed by atoms with E-state index in [0.29, 0.717) is 11.1 Å². The lowest BCUT2D eigenvalue weighted by Gasteiger charge is -2.23. The average Bonchev–Trinajstić information content (AvgIpc) is 2.86. The van der Waals surface area contributed by atoms with Crippen LogP contribution < -0.4 is 5.32 Å². The zero-order chi connectivity index (χ0) is 14.8. The lowest BCUT2D eigenvalue weighted by molar-refractivity contribution is -0.143. The number of aromatic nitrogens is 1. The molecule has 7 nitrogen and oxygen atoms in total. The van der Waals surface area contributed by atoms with E-state index < -0.39 is 17.7 Å². The maximum atomic E-state index is 11.9. The Morgan fingerprint density at radius 2 is 1.95 bits per heavy atom. The standard InChI is InChI=1S/C14H11N3O4/c18-11-7-17(8-12(19)16-11)14(20)6-5-13-15-9-3-1-2-4-10(9)21-13/h1-6H,7-8H2,(H,16,18,19). The summed E-state index contributed by atoms with van der Waals surface area (Å²) >= 11 is 0. The number of nitrogens with zero attached hydrogens (tertiary/aromatic N) is 2. The number of rotatable bonds is 2. The van der Waals surface area contributed by atoms with E-state index in [-0.39, 0.29) is 19.0 Å². The number of hydrogen-bond donors (Lipinski definition) is 1. The number of hydrogen-bond acceptors (Lipinski definition) is 5. The first-order valence-corrected chi connectivity index (χ1v) is 6.27. The second-order valence-electron chi connectivity index (χ2n) is 4.52. The van der Waals surface area contributed by atoms with Crippen LogP contribution in [0, 0.1) is 0 Å². The van der Waals surface area contributed by atoms with E-state index in [1.807, 2.05) is 12.1 Å². The average molecular weight is 285 g/mol. The van der Waals surface area contributed by atoms with Crippen LogP contribution in [0.3, 0.4) is 0 Å². The topological polar surface area (TPSA) is 92.5 Å². The van der Waals surface area contributed by atoms with Crippen molar-refractivity contribution >= 4 is 34.9 Å². The third-order valence-electron chi connectivity index (χ3n) is 2.94. The molecule has 0 atom stereocenters. The Labute approximate surface area is 119 Å². The molecule has 0 spiro atoms. The number of para-hydroxylation sites is 2. The number of benzene rings is 1. The SMILES string of the molecule is O=C1CN(C(=O)C=Cc2nc3ccccc3o2)CC(=O)N1. The van der Waals surface area contributed by atoms with E-state index in [0.717, 1.165) is 4.90 Å². The number of carbonyl (C=O) groups is 3. The van der Waals surface area contributed by atoms with Crippen LogP contribution in [0.1, 0.15) is 5.89 Å². The van der Waals surface area contributed by atoms with E-state index in [1.54, 1.807) is 12.1 Å². The molecule has 106 valence electrons. The Hall–Kier alpha value is -2.96. The molecule has 3 rings (SSSR count). The quantitative estimate of drug-likeness (QED) is 0.634. The second-order valence-corrected chi connectivity index (χ2v) is 4.52. The minimum Gasteiger partial charge on any atom is -0.437 e. The van der Waals surface area contributed by atoms with Gasteiger partial charge in [-0.15, -0.1) is 0 Å². The molecule has 1 aromatic heterocycles. The van der Waals surface area contributed by atoms with Gasteiger partial charge in [0, 0.05) is 12.2 Å². The van der Waals surface area contributed by atoms with Crippen molar-refractivity contribution in [3.63, 3.8) is 0 Å². The summed E-state index contributed by atoms with van der Waals surface area (Å²) in [6, 6.07) is 7.23. The lowest BCUT2D eigenvalue weighted by Crippen LogP contribution is -2.52. The Balaban J connectivity index is 1.74. The van der Waals surface area contributed by atoms with Gasteiger partial charge >= 0.3 is 0 Å². The maximum Gasteiger partial charge on any atom is 0.247 e. The van der Waals surface area contributed by atoms with Crippen LogP contribution in [0.5, 0.6) is 0 Å². The zero-order valence-corrected chi connectivity index (χ0v) is 10.9. The van der Waals surface area contributed by atoms with Gasteiger partial charge in [-0.25, -0.2) is 4.98 Å². The van der Waals surface area contributed by atoms with Gasteiger partial charge in [0.05, 0.1) is 0 Å². The highest BCUT2D eigenvalue weighted by Crippen LogP contribution is 2.15. The predicted molar refractivity (Wildman–Crippen MR) is 72.8 cm³/mol. The molecule has 0 radical (unpaired) electrons. The monoisotopic (exact) mass is 285 g/mol. The number of imide groups is 1. The van der Waals surface area contributed by atoms with Gasteiger partial charge in [-0.1, -0.05) is 12.1 Å². The minimum atomic E-state index is -0.491. The highest BCUT2D eigenvalue weighted by Gasteiger charge is 2.24. The number of oxazole rings is 1. The number of piperazine rings is 1. The van der Waals surface area contributed by atoms with Crippen LogP contribution in [0.25, 0.3) is 17.2 Å². The molecule has 0 aliphatic carbocycles. The van der Waals surface area contributed by atoms with E-state index in [9.17, 15) is 14.4 Å². The Morgan fingerprint density at radius 1 is 1.24 bits per heavy atom. The van der Waals surface area contributed by atoms with Crippen LogP contribution in [0.4, 0.5) is 0 Å². The van der Waals surface area contributed by atoms with Gasteiger partial charge in [0.15, 0.2) is 5.58 Å². The van der Waals surface area contributed by atoms with Gasteiger partial charge in [-0.05, 0) is 12.1 Å². The molecule has 1 aliphatic heterocycles. The highest BCUT2D eigenvalue weighted by atomic mass is 16.3. The summed E-state index contributed by atoms with van der Waals surface area (Å²) in [4.78, 5) is 39.7. The van der Waals surface area contributed by atoms with Crippen LogP contribution in [-0.2, 0) is 14.4 Å². The number of amides is 3. The smallest absolute Gasteiger partial charge is 0.247 e. The normalized spacial score (nSPS) is 15.7. The predicted octanol–water partition coefficient (Wildman–Crippen LogP) is 0.326. The fraction of sp³-hybridized carbons (Fsp3) is 0.143. The van der Waals surface area contributed by atoms with Crippen molar-refractivity contribution in [1.29, 1.82) is 0 Å². The van der Waals surface area contributed by atoms with Crippen LogP contribution in [0.15, 0.2) is 34.8 Å². The van der Waals surface area contributed by atoms with Crippen molar-refractivity contribution in [1.82, 2.24) is 15.2 Å². The van der Waals surface area contributed by atoms with Gasteiger partial charge in [-0.3, -0.25) is 19.7 Å². The van der Waals surface area contributed by atoms with E-state index >= 15 is 0 Å². The summed E-state index contributed by atoms with van der Waals surface area (Å²) in [7, 11) is 0. The lowest BCUT2D eigenvalue weighted by atomic mass is 10.3. The molecule has 1 aromatic carbocycles. The van der Waals surface area contributed by atoms with Gasteiger partial charge in [0.1, 0.15) is 18.6 Å². The molecule has 1 N–H and O–H groups in total. The van der Waals surface area contributed by atoms with Crippen LogP contribution in [0.2, 0.25) is 0 Å². The molecule has 1 saturated heterocycles. The van der Waals surface area contributed by atoms with Crippen LogP contribution >= 0.6 is 0 Å². The van der Waals surface area contributed by atoms with Gasteiger partial charge in [0.2, 0.25) is 23.6 Å². The molecule has 21 heavy (non-hydrogen) atoms. The van der Waals surface area contributed by atoms with Crippen molar-refractivity contribution in [3.8, 4) is 0 Å². The summed E-state index contributed by atoms with van der Waals surface area (Å²) in [6.45, 7) is -0.273. The van der Waals surface area contributed by atoms with E-state index in [4.69, 9.17) is 4.42 Å². The maximum absolute atomic E-state index is 11.9. The van der Waals surface area contributed by atoms with Gasteiger partial charge < -0.3 is 9.32 Å². The first-order chi connectivity index (χ1) is 10.1. The number of fused-ring (bicyclic) bond motifs is 1. The van der Waals surface area contributed by atoms with Crippen molar-refractivity contribution in [3.05, 3.63) is 36.2 Å². The van der Waals surface area contributed by atoms with E-state index in [1.165, 1.54) is 12.2 Å². The summed E-state index contributed by atoms with van der Waals surface area (Å²) < 4.78 is 5.43. The summed E-state index contributed by atoms with van der Waals surface area (Å²) in [5.74, 6) is -1.14. The molecule has 7 heteroatoms. The second kappa shape index (κ2) is 5.20. The molecule has 0 bridgehead atoms. The molecule has 3 amide bonds. The van der Waals surface area contributed by atoms with Gasteiger partial charge in [0.25, 0.3) is 0 Å². The largest absolute Gasteiger partial charge is 0.437 e. The first-order valence-electron chi connectivity index (χ1n) is 6.27. The highest BCUT2D eigenvalue weighted by molar-refractivity contribution is 6.04. The Bertz CT molecular complexity index is 713. The summed E-state index contributed by atoms with van der Waals surface area (Å²) in [6.07, 6.45) is 2.65. The van der Waals surface area contributed by atoms with Gasteiger partial charge in [-0.2, -0.15) is 0 Å². The van der Waals surface area contributed by atoms with Crippen molar-refractivity contribution in [2.45, 2.75) is 0 Å². The van der Waals surface area contributed by atoms with Crippen molar-refractivity contribution in [2.24, 2.45) is 0 Å². The third-order valence-corrected chi connectivity index (χ3v) is 2.94. The fourth-order valence-electron chi connectivity index (χ4n) is 2.00. The third kappa shape index (κ3) is 2.81. The first kappa shape index (κ1) is 13.0. The molecule has 2 heterocycles. The minimum absolute atomic E-state index is 0.136. The molecule has 0 unspecified atom stereocenters.